The molecule has 1 aromatic carbocycles. The van der Waals surface area contributed by atoms with Gasteiger partial charge in [-0.05, 0) is 31.4 Å². The first kappa shape index (κ1) is 18.1. The van der Waals surface area contributed by atoms with E-state index in [2.05, 4.69) is 5.32 Å². The van der Waals surface area contributed by atoms with Crippen LogP contribution in [0.15, 0.2) is 24.3 Å². The zero-order valence-corrected chi connectivity index (χ0v) is 13.9. The first-order valence-electron chi connectivity index (χ1n) is 8.13. The normalized spacial score (nSPS) is 17.1. The second-order valence-electron chi connectivity index (χ2n) is 5.79. The van der Waals surface area contributed by atoms with E-state index in [1.165, 1.54) is 4.90 Å². The van der Waals surface area contributed by atoms with Gasteiger partial charge in [-0.3, -0.25) is 4.79 Å². The molecule has 2 rings (SSSR count). The SMILES string of the molecule is CN(CCC(=O)O)C(=O)Nc1ccccc1OCC1CCCCO1. The van der Waals surface area contributed by atoms with Gasteiger partial charge in [0.25, 0.3) is 0 Å². The van der Waals surface area contributed by atoms with Crippen LogP contribution in [0.5, 0.6) is 5.75 Å². The van der Waals surface area contributed by atoms with Crippen LogP contribution in [0.4, 0.5) is 10.5 Å². The summed E-state index contributed by atoms with van der Waals surface area (Å²) in [5.74, 6) is -0.363. The minimum Gasteiger partial charge on any atom is -0.489 e. The third-order valence-corrected chi connectivity index (χ3v) is 3.84. The van der Waals surface area contributed by atoms with Gasteiger partial charge in [-0.15, -0.1) is 0 Å². The van der Waals surface area contributed by atoms with Crippen molar-refractivity contribution in [1.82, 2.24) is 4.90 Å². The van der Waals surface area contributed by atoms with Gasteiger partial charge in [-0.1, -0.05) is 12.1 Å². The van der Waals surface area contributed by atoms with E-state index >= 15 is 0 Å². The summed E-state index contributed by atoms with van der Waals surface area (Å²) < 4.78 is 11.4. The van der Waals surface area contributed by atoms with Crippen LogP contribution in [-0.4, -0.2) is 54.9 Å². The van der Waals surface area contributed by atoms with E-state index in [0.29, 0.717) is 18.0 Å². The number of nitrogens with zero attached hydrogens (tertiary/aromatic N) is 1. The minimum absolute atomic E-state index is 0.0840. The number of carboxylic acid groups (broad SMARTS) is 1. The zero-order chi connectivity index (χ0) is 17.4. The van der Waals surface area contributed by atoms with E-state index in [4.69, 9.17) is 14.6 Å². The van der Waals surface area contributed by atoms with Crippen LogP contribution in [0.1, 0.15) is 25.7 Å². The summed E-state index contributed by atoms with van der Waals surface area (Å²) in [6.45, 7) is 1.35. The molecule has 0 aliphatic carbocycles. The van der Waals surface area contributed by atoms with Crippen LogP contribution >= 0.6 is 0 Å². The number of hydrogen-bond donors (Lipinski definition) is 2. The zero-order valence-electron chi connectivity index (χ0n) is 13.9. The second kappa shape index (κ2) is 9.12. The number of carbonyl (C=O) groups is 2. The van der Waals surface area contributed by atoms with Crippen molar-refractivity contribution >= 4 is 17.7 Å². The van der Waals surface area contributed by atoms with Crippen molar-refractivity contribution in [3.05, 3.63) is 24.3 Å². The van der Waals surface area contributed by atoms with Crippen molar-refractivity contribution in [3.63, 3.8) is 0 Å². The van der Waals surface area contributed by atoms with Crippen LogP contribution in [-0.2, 0) is 9.53 Å². The third-order valence-electron chi connectivity index (χ3n) is 3.84. The van der Waals surface area contributed by atoms with Crippen molar-refractivity contribution in [2.24, 2.45) is 0 Å². The number of rotatable bonds is 7. The molecule has 7 heteroatoms. The lowest BCUT2D eigenvalue weighted by atomic mass is 10.1. The Kier molecular flexibility index (Phi) is 6.87. The van der Waals surface area contributed by atoms with Crippen LogP contribution in [0.3, 0.4) is 0 Å². The molecule has 1 aromatic rings. The molecule has 1 saturated heterocycles. The number of benzene rings is 1. The summed E-state index contributed by atoms with van der Waals surface area (Å²) in [6, 6.07) is 6.80. The van der Waals surface area contributed by atoms with Gasteiger partial charge in [0.1, 0.15) is 12.4 Å². The molecule has 1 unspecified atom stereocenters. The first-order chi connectivity index (χ1) is 11.6. The summed E-state index contributed by atoms with van der Waals surface area (Å²) in [6.07, 6.45) is 3.20. The Balaban J connectivity index is 1.90. The summed E-state index contributed by atoms with van der Waals surface area (Å²) in [5.41, 5.74) is 0.556. The Morgan fingerprint density at radius 2 is 2.17 bits per heavy atom. The molecule has 7 nitrogen and oxygen atoms in total. The number of carbonyl (C=O) groups excluding carboxylic acids is 1. The average molecular weight is 336 g/mol. The monoisotopic (exact) mass is 336 g/mol. The predicted molar refractivity (Wildman–Crippen MR) is 89.4 cm³/mol. The molecule has 1 aliphatic rings. The molecular formula is C17H24N2O5. The van der Waals surface area contributed by atoms with Gasteiger partial charge in [-0.2, -0.15) is 0 Å². The molecule has 132 valence electrons. The van der Waals surface area contributed by atoms with Gasteiger partial charge in [0.15, 0.2) is 0 Å². The van der Waals surface area contributed by atoms with Gasteiger partial charge in [0.05, 0.1) is 18.2 Å². The Hall–Kier alpha value is -2.28. The molecule has 2 amide bonds. The van der Waals surface area contributed by atoms with E-state index in [1.54, 1.807) is 25.2 Å². The smallest absolute Gasteiger partial charge is 0.321 e. The van der Waals surface area contributed by atoms with Crippen molar-refractivity contribution < 1.29 is 24.2 Å². The Bertz CT molecular complexity index is 558. The Morgan fingerprint density at radius 1 is 1.38 bits per heavy atom. The summed E-state index contributed by atoms with van der Waals surface area (Å²) in [7, 11) is 1.55. The fourth-order valence-electron chi connectivity index (χ4n) is 2.39. The highest BCUT2D eigenvalue weighted by Crippen LogP contribution is 2.25. The maximum Gasteiger partial charge on any atom is 0.321 e. The number of ether oxygens (including phenoxy) is 2. The number of anilines is 1. The first-order valence-corrected chi connectivity index (χ1v) is 8.13. The molecule has 0 saturated carbocycles. The molecule has 1 aliphatic heterocycles. The number of aliphatic carboxylic acids is 1. The van der Waals surface area contributed by atoms with Crippen molar-refractivity contribution in [3.8, 4) is 5.75 Å². The van der Waals surface area contributed by atoms with E-state index < -0.39 is 5.97 Å². The Labute approximate surface area is 141 Å². The molecule has 24 heavy (non-hydrogen) atoms. The molecule has 0 radical (unpaired) electrons. The predicted octanol–water partition coefficient (Wildman–Crippen LogP) is 2.57. The van der Waals surface area contributed by atoms with E-state index in [1.807, 2.05) is 6.07 Å². The number of nitrogens with one attached hydrogen (secondary N) is 1. The fraction of sp³-hybridized carbons (Fsp3) is 0.529. The molecular weight excluding hydrogens is 312 g/mol. The molecule has 1 atom stereocenters. The molecule has 0 aromatic heterocycles. The number of hydrogen-bond acceptors (Lipinski definition) is 4. The van der Waals surface area contributed by atoms with E-state index in [9.17, 15) is 9.59 Å². The molecule has 1 fully saturated rings. The van der Waals surface area contributed by atoms with Crippen LogP contribution < -0.4 is 10.1 Å². The Morgan fingerprint density at radius 3 is 2.88 bits per heavy atom. The van der Waals surface area contributed by atoms with Gasteiger partial charge in [0, 0.05) is 20.2 Å². The maximum absolute atomic E-state index is 12.1. The molecule has 2 N–H and O–H groups in total. The maximum atomic E-state index is 12.1. The highest BCUT2D eigenvalue weighted by molar-refractivity contribution is 5.91. The lowest BCUT2D eigenvalue weighted by Gasteiger charge is -2.23. The lowest BCUT2D eigenvalue weighted by molar-refractivity contribution is -0.137. The topological polar surface area (TPSA) is 88.1 Å². The standard InChI is InChI=1S/C17H24N2O5/c1-19(10-9-16(20)21)17(22)18-14-7-2-3-8-15(14)24-12-13-6-4-5-11-23-13/h2-3,7-8,13H,4-6,9-12H2,1H3,(H,18,22)(H,20,21). The lowest BCUT2D eigenvalue weighted by Crippen LogP contribution is -2.33. The number of amides is 2. The molecule has 0 bridgehead atoms. The quantitative estimate of drug-likeness (QED) is 0.799. The molecule has 1 heterocycles. The summed E-state index contributed by atoms with van der Waals surface area (Å²) in [4.78, 5) is 24.0. The van der Waals surface area contributed by atoms with E-state index in [-0.39, 0.29) is 25.1 Å². The van der Waals surface area contributed by atoms with Crippen LogP contribution in [0, 0.1) is 0 Å². The van der Waals surface area contributed by atoms with Crippen molar-refractivity contribution in [1.29, 1.82) is 0 Å². The summed E-state index contributed by atoms with van der Waals surface area (Å²) in [5, 5.41) is 11.4. The second-order valence-corrected chi connectivity index (χ2v) is 5.79. The van der Waals surface area contributed by atoms with Crippen LogP contribution in [0.25, 0.3) is 0 Å². The largest absolute Gasteiger partial charge is 0.489 e. The fourth-order valence-corrected chi connectivity index (χ4v) is 2.39. The highest BCUT2D eigenvalue weighted by atomic mass is 16.5. The van der Waals surface area contributed by atoms with Gasteiger partial charge in [-0.25, -0.2) is 4.79 Å². The van der Waals surface area contributed by atoms with Gasteiger partial charge >= 0.3 is 12.0 Å². The molecule has 0 spiro atoms. The highest BCUT2D eigenvalue weighted by Gasteiger charge is 2.16. The van der Waals surface area contributed by atoms with Gasteiger partial charge in [0.2, 0.25) is 0 Å². The minimum atomic E-state index is -0.939. The summed E-state index contributed by atoms with van der Waals surface area (Å²) >= 11 is 0. The average Bonchev–Trinajstić information content (AvgIpc) is 2.59. The van der Waals surface area contributed by atoms with Crippen molar-refractivity contribution in [2.75, 3.05) is 32.1 Å². The third kappa shape index (κ3) is 5.73. The van der Waals surface area contributed by atoms with E-state index in [0.717, 1.165) is 25.9 Å². The van der Waals surface area contributed by atoms with Gasteiger partial charge < -0.3 is 24.8 Å². The van der Waals surface area contributed by atoms with Crippen LogP contribution in [0.2, 0.25) is 0 Å². The number of urea groups is 1. The number of para-hydroxylation sites is 2. The van der Waals surface area contributed by atoms with Crippen molar-refractivity contribution in [2.45, 2.75) is 31.8 Å². The number of carboxylic acids is 1.